The minimum atomic E-state index is -0.618. The van der Waals surface area contributed by atoms with Gasteiger partial charge in [0.1, 0.15) is 11.2 Å². The fourth-order valence-corrected chi connectivity index (χ4v) is 3.65. The van der Waals surface area contributed by atoms with Gasteiger partial charge in [0.25, 0.3) is 0 Å². The molecule has 0 aromatic heterocycles. The van der Waals surface area contributed by atoms with Gasteiger partial charge in [-0.3, -0.25) is 4.79 Å². The first-order valence-corrected chi connectivity index (χ1v) is 10.7. The molecule has 2 atom stereocenters. The molecule has 174 valence electrons. The molecule has 2 amide bonds. The molecule has 0 spiro atoms. The third-order valence-corrected chi connectivity index (χ3v) is 5.24. The van der Waals surface area contributed by atoms with Crippen LogP contribution in [0.2, 0.25) is 0 Å². The zero-order valence-corrected chi connectivity index (χ0v) is 19.8. The standard InChI is InChI=1S/C22H40N2O6/c1-15(24-19(27)30-21(5,6)7)16(17(25)28-8)14-22(10-9-11-22)12-13-23-18(26)29-20(2,3)4/h15-16H,9-14H2,1-8H3,(H,23,26)(H,24,27)/t15-,16?/m1/s1. The van der Waals surface area contributed by atoms with Crippen molar-refractivity contribution in [2.45, 2.75) is 97.8 Å². The average molecular weight is 429 g/mol. The second-order valence-corrected chi connectivity index (χ2v) is 10.3. The zero-order valence-electron chi connectivity index (χ0n) is 19.8. The van der Waals surface area contributed by atoms with Crippen LogP contribution in [-0.2, 0) is 19.0 Å². The van der Waals surface area contributed by atoms with Crippen LogP contribution in [0.4, 0.5) is 9.59 Å². The summed E-state index contributed by atoms with van der Waals surface area (Å²) in [6.07, 6.45) is 3.32. The number of alkyl carbamates (subject to hydrolysis) is 2. The monoisotopic (exact) mass is 428 g/mol. The van der Waals surface area contributed by atoms with Crippen LogP contribution < -0.4 is 10.6 Å². The summed E-state index contributed by atoms with van der Waals surface area (Å²) in [6.45, 7) is 13.1. The predicted octanol–water partition coefficient (Wildman–Crippen LogP) is 4.16. The summed E-state index contributed by atoms with van der Waals surface area (Å²) in [5.74, 6) is -0.853. The summed E-state index contributed by atoms with van der Waals surface area (Å²) < 4.78 is 15.6. The Bertz CT molecular complexity index is 602. The van der Waals surface area contributed by atoms with Gasteiger partial charge in [0.15, 0.2) is 0 Å². The lowest BCUT2D eigenvalue weighted by Crippen LogP contribution is -2.47. The van der Waals surface area contributed by atoms with E-state index in [2.05, 4.69) is 10.6 Å². The highest BCUT2D eigenvalue weighted by atomic mass is 16.6. The summed E-state index contributed by atoms with van der Waals surface area (Å²) in [5.41, 5.74) is -1.23. The molecule has 1 unspecified atom stereocenters. The molecule has 0 radical (unpaired) electrons. The summed E-state index contributed by atoms with van der Waals surface area (Å²) in [4.78, 5) is 36.5. The molecule has 0 bridgehead atoms. The van der Waals surface area contributed by atoms with Gasteiger partial charge in [-0.15, -0.1) is 0 Å². The minimum absolute atomic E-state index is 0.0717. The van der Waals surface area contributed by atoms with E-state index in [1.165, 1.54) is 7.11 Å². The van der Waals surface area contributed by atoms with Crippen LogP contribution in [0.15, 0.2) is 0 Å². The van der Waals surface area contributed by atoms with E-state index in [1.807, 2.05) is 20.8 Å². The Labute approximate surface area is 180 Å². The van der Waals surface area contributed by atoms with Gasteiger partial charge in [-0.1, -0.05) is 6.42 Å². The van der Waals surface area contributed by atoms with Crippen molar-refractivity contribution in [3.8, 4) is 0 Å². The number of methoxy groups -OCH3 is 1. The van der Waals surface area contributed by atoms with Crippen LogP contribution in [0.1, 0.15) is 80.6 Å². The highest BCUT2D eigenvalue weighted by Gasteiger charge is 2.42. The summed E-state index contributed by atoms with van der Waals surface area (Å²) in [5, 5.41) is 5.57. The number of hydrogen-bond acceptors (Lipinski definition) is 6. The Morgan fingerprint density at radius 3 is 1.93 bits per heavy atom. The van der Waals surface area contributed by atoms with E-state index in [0.29, 0.717) is 13.0 Å². The molecule has 0 aromatic carbocycles. The Morgan fingerprint density at radius 1 is 0.967 bits per heavy atom. The number of rotatable bonds is 8. The quantitative estimate of drug-likeness (QED) is 0.444. The fourth-order valence-electron chi connectivity index (χ4n) is 3.65. The topological polar surface area (TPSA) is 103 Å². The maximum absolute atomic E-state index is 12.5. The van der Waals surface area contributed by atoms with E-state index < -0.39 is 35.3 Å². The lowest BCUT2D eigenvalue weighted by atomic mass is 9.61. The molecule has 0 saturated heterocycles. The zero-order chi connectivity index (χ0) is 23.2. The lowest BCUT2D eigenvalue weighted by molar-refractivity contribution is -0.148. The van der Waals surface area contributed by atoms with Gasteiger partial charge in [0, 0.05) is 12.6 Å². The number of hydrogen-bond donors (Lipinski definition) is 2. The van der Waals surface area contributed by atoms with Gasteiger partial charge in [-0.05, 0) is 79.6 Å². The predicted molar refractivity (Wildman–Crippen MR) is 114 cm³/mol. The first-order valence-electron chi connectivity index (χ1n) is 10.7. The van der Waals surface area contributed by atoms with E-state index in [4.69, 9.17) is 14.2 Å². The summed E-state index contributed by atoms with van der Waals surface area (Å²) in [6, 6.07) is -0.441. The fraction of sp³-hybridized carbons (Fsp3) is 0.864. The van der Waals surface area contributed by atoms with Crippen molar-refractivity contribution in [1.29, 1.82) is 0 Å². The van der Waals surface area contributed by atoms with Crippen molar-refractivity contribution in [2.75, 3.05) is 13.7 Å². The Hall–Kier alpha value is -1.99. The third-order valence-electron chi connectivity index (χ3n) is 5.24. The van der Waals surface area contributed by atoms with Gasteiger partial charge in [0.05, 0.1) is 13.0 Å². The highest BCUT2D eigenvalue weighted by Crippen LogP contribution is 2.49. The average Bonchev–Trinajstić information content (AvgIpc) is 2.52. The molecular weight excluding hydrogens is 388 g/mol. The van der Waals surface area contributed by atoms with Gasteiger partial charge in [-0.25, -0.2) is 9.59 Å². The largest absolute Gasteiger partial charge is 0.469 e. The van der Waals surface area contributed by atoms with E-state index in [1.54, 1.807) is 27.7 Å². The van der Waals surface area contributed by atoms with Gasteiger partial charge in [0.2, 0.25) is 0 Å². The Kier molecular flexibility index (Phi) is 8.99. The molecule has 1 aliphatic carbocycles. The van der Waals surface area contributed by atoms with E-state index >= 15 is 0 Å². The first kappa shape index (κ1) is 26.0. The van der Waals surface area contributed by atoms with E-state index in [-0.39, 0.29) is 11.4 Å². The number of carbonyl (C=O) groups is 3. The molecule has 1 fully saturated rings. The number of carbonyl (C=O) groups excluding carboxylic acids is 3. The number of esters is 1. The van der Waals surface area contributed by atoms with Gasteiger partial charge < -0.3 is 24.8 Å². The van der Waals surface area contributed by atoms with Crippen molar-refractivity contribution in [1.82, 2.24) is 10.6 Å². The Morgan fingerprint density at radius 2 is 1.50 bits per heavy atom. The lowest BCUT2D eigenvalue weighted by Gasteiger charge is -2.45. The van der Waals surface area contributed by atoms with Crippen LogP contribution in [-0.4, -0.2) is 49.1 Å². The van der Waals surface area contributed by atoms with Gasteiger partial charge in [-0.2, -0.15) is 0 Å². The normalized spacial score (nSPS) is 17.7. The first-order chi connectivity index (χ1) is 13.7. The molecule has 1 rings (SSSR count). The molecule has 30 heavy (non-hydrogen) atoms. The Balaban J connectivity index is 2.71. The number of ether oxygens (including phenoxy) is 3. The molecule has 8 nitrogen and oxygen atoms in total. The molecule has 0 heterocycles. The number of amides is 2. The van der Waals surface area contributed by atoms with Crippen LogP contribution in [0.25, 0.3) is 0 Å². The van der Waals surface area contributed by atoms with Crippen LogP contribution >= 0.6 is 0 Å². The molecular formula is C22H40N2O6. The van der Waals surface area contributed by atoms with E-state index in [9.17, 15) is 14.4 Å². The van der Waals surface area contributed by atoms with Crippen LogP contribution in [0.3, 0.4) is 0 Å². The smallest absolute Gasteiger partial charge is 0.407 e. The number of nitrogens with one attached hydrogen (secondary N) is 2. The second-order valence-electron chi connectivity index (χ2n) is 10.3. The van der Waals surface area contributed by atoms with Gasteiger partial charge >= 0.3 is 18.2 Å². The van der Waals surface area contributed by atoms with E-state index in [0.717, 1.165) is 25.7 Å². The summed E-state index contributed by atoms with van der Waals surface area (Å²) in [7, 11) is 1.35. The molecule has 1 saturated carbocycles. The second kappa shape index (κ2) is 10.4. The molecule has 0 aromatic rings. The highest BCUT2D eigenvalue weighted by molar-refractivity contribution is 5.75. The third kappa shape index (κ3) is 9.22. The SMILES string of the molecule is COC(=O)C(CC1(CCNC(=O)OC(C)(C)C)CCC1)[C@@H](C)NC(=O)OC(C)(C)C. The molecule has 2 N–H and O–H groups in total. The van der Waals surface area contributed by atoms with Crippen molar-refractivity contribution in [2.24, 2.45) is 11.3 Å². The molecule has 8 heteroatoms. The molecule has 1 aliphatic rings. The van der Waals surface area contributed by atoms with Crippen molar-refractivity contribution in [3.05, 3.63) is 0 Å². The van der Waals surface area contributed by atoms with Crippen LogP contribution in [0.5, 0.6) is 0 Å². The maximum Gasteiger partial charge on any atom is 0.407 e. The van der Waals surface area contributed by atoms with Crippen molar-refractivity contribution in [3.63, 3.8) is 0 Å². The molecule has 0 aliphatic heterocycles. The van der Waals surface area contributed by atoms with Crippen molar-refractivity contribution < 1.29 is 28.6 Å². The van der Waals surface area contributed by atoms with Crippen LogP contribution in [0, 0.1) is 11.3 Å². The summed E-state index contributed by atoms with van der Waals surface area (Å²) >= 11 is 0. The maximum atomic E-state index is 12.5. The minimum Gasteiger partial charge on any atom is -0.469 e. The van der Waals surface area contributed by atoms with Crippen molar-refractivity contribution >= 4 is 18.2 Å².